The number of aromatic nitrogens is 1. The molecule has 0 aliphatic carbocycles. The van der Waals surface area contributed by atoms with E-state index in [0.717, 1.165) is 5.56 Å². The van der Waals surface area contributed by atoms with Crippen LogP contribution in [-0.2, 0) is 0 Å². The van der Waals surface area contributed by atoms with E-state index in [2.05, 4.69) is 4.98 Å². The van der Waals surface area contributed by atoms with Gasteiger partial charge in [-0.05, 0) is 36.4 Å². The van der Waals surface area contributed by atoms with Gasteiger partial charge in [0.1, 0.15) is 0 Å². The van der Waals surface area contributed by atoms with E-state index in [1.165, 1.54) is 25.3 Å². The first-order chi connectivity index (χ1) is 10.3. The van der Waals surface area contributed by atoms with Gasteiger partial charge in [-0.3, -0.25) is 9.78 Å². The largest absolute Gasteiger partial charge is 0.488 e. The van der Waals surface area contributed by atoms with Gasteiger partial charge in [0.25, 0.3) is 0 Å². The summed E-state index contributed by atoms with van der Waals surface area (Å²) in [5, 5.41) is 34.9. The Morgan fingerprint density at radius 2 is 1.57 bits per heavy atom. The van der Waals surface area contributed by atoms with Gasteiger partial charge in [-0.25, -0.2) is 0 Å². The SMILES string of the molecule is CC(=O)c1ccc(B(O)O)cc1.Cc1cnccc1B(O)O.Cl. The van der Waals surface area contributed by atoms with Crippen molar-refractivity contribution in [1.29, 1.82) is 0 Å². The maximum atomic E-state index is 10.8. The van der Waals surface area contributed by atoms with Crippen LogP contribution in [0.25, 0.3) is 0 Å². The van der Waals surface area contributed by atoms with Gasteiger partial charge in [0.2, 0.25) is 0 Å². The lowest BCUT2D eigenvalue weighted by atomic mass is 9.78. The van der Waals surface area contributed by atoms with Crippen LogP contribution in [0, 0.1) is 6.92 Å². The van der Waals surface area contributed by atoms with Crippen LogP contribution in [0.2, 0.25) is 0 Å². The van der Waals surface area contributed by atoms with E-state index in [9.17, 15) is 4.79 Å². The molecule has 0 saturated carbocycles. The van der Waals surface area contributed by atoms with Gasteiger partial charge in [0, 0.05) is 18.0 Å². The van der Waals surface area contributed by atoms with E-state index < -0.39 is 14.2 Å². The Morgan fingerprint density at radius 1 is 1.00 bits per heavy atom. The fourth-order valence-corrected chi connectivity index (χ4v) is 1.66. The van der Waals surface area contributed by atoms with Crippen LogP contribution in [0.1, 0.15) is 22.8 Å². The van der Waals surface area contributed by atoms with Gasteiger partial charge in [-0.1, -0.05) is 24.3 Å². The zero-order valence-corrected chi connectivity index (χ0v) is 13.6. The average molecular weight is 337 g/mol. The molecule has 23 heavy (non-hydrogen) atoms. The van der Waals surface area contributed by atoms with Gasteiger partial charge < -0.3 is 20.1 Å². The first kappa shape index (κ1) is 21.3. The Bertz CT molecular complexity index is 623. The number of hydrogen-bond donors (Lipinski definition) is 4. The van der Waals surface area contributed by atoms with E-state index in [1.54, 1.807) is 31.3 Å². The molecule has 0 aliphatic heterocycles. The maximum Gasteiger partial charge on any atom is 0.488 e. The molecule has 0 fully saturated rings. The molecule has 9 heteroatoms. The Morgan fingerprint density at radius 3 is 1.91 bits per heavy atom. The highest BCUT2D eigenvalue weighted by atomic mass is 35.5. The number of benzene rings is 1. The third-order valence-corrected chi connectivity index (χ3v) is 2.96. The van der Waals surface area contributed by atoms with Gasteiger partial charge in [0.15, 0.2) is 5.78 Å². The van der Waals surface area contributed by atoms with E-state index in [1.807, 2.05) is 0 Å². The molecule has 0 spiro atoms. The normalized spacial score (nSPS) is 9.13. The van der Waals surface area contributed by atoms with Crippen molar-refractivity contribution in [3.05, 3.63) is 53.9 Å². The lowest BCUT2D eigenvalue weighted by molar-refractivity contribution is 0.101. The highest BCUT2D eigenvalue weighted by Crippen LogP contribution is 1.97. The monoisotopic (exact) mass is 337 g/mol. The van der Waals surface area contributed by atoms with Crippen LogP contribution >= 0.6 is 12.4 Å². The molecule has 2 aromatic rings. The molecule has 4 N–H and O–H groups in total. The fraction of sp³-hybridized carbons (Fsp3) is 0.143. The summed E-state index contributed by atoms with van der Waals surface area (Å²) in [4.78, 5) is 14.6. The Labute approximate surface area is 141 Å². The van der Waals surface area contributed by atoms with Crippen molar-refractivity contribution in [2.45, 2.75) is 13.8 Å². The summed E-state index contributed by atoms with van der Waals surface area (Å²) in [6, 6.07) is 7.75. The number of aryl methyl sites for hydroxylation is 1. The summed E-state index contributed by atoms with van der Waals surface area (Å²) >= 11 is 0. The molecule has 6 nitrogen and oxygen atoms in total. The summed E-state index contributed by atoms with van der Waals surface area (Å²) in [6.45, 7) is 3.24. The number of halogens is 1. The van der Waals surface area contributed by atoms with Crippen LogP contribution in [0.4, 0.5) is 0 Å². The Kier molecular flexibility index (Phi) is 9.40. The minimum atomic E-state index is -1.47. The topological polar surface area (TPSA) is 111 Å². The minimum Gasteiger partial charge on any atom is -0.423 e. The highest BCUT2D eigenvalue weighted by molar-refractivity contribution is 6.59. The zero-order chi connectivity index (χ0) is 16.7. The molecule has 0 aliphatic rings. The maximum absolute atomic E-state index is 10.8. The summed E-state index contributed by atoms with van der Waals surface area (Å²) < 4.78 is 0. The zero-order valence-electron chi connectivity index (χ0n) is 12.7. The second-order valence-corrected chi connectivity index (χ2v) is 4.66. The second kappa shape index (κ2) is 10.1. The Hall–Kier alpha value is -1.70. The van der Waals surface area contributed by atoms with Gasteiger partial charge in [-0.15, -0.1) is 12.4 Å². The van der Waals surface area contributed by atoms with E-state index >= 15 is 0 Å². The molecule has 122 valence electrons. The summed E-state index contributed by atoms with van der Waals surface area (Å²) in [5.41, 5.74) is 2.26. The van der Waals surface area contributed by atoms with Crippen molar-refractivity contribution in [1.82, 2.24) is 4.98 Å². The minimum absolute atomic E-state index is 0. The summed E-state index contributed by atoms with van der Waals surface area (Å²) in [5.74, 6) is -0.0334. The molecule has 1 aromatic heterocycles. The molecule has 1 heterocycles. The lowest BCUT2D eigenvalue weighted by Gasteiger charge is -2.00. The molecule has 2 rings (SSSR count). The van der Waals surface area contributed by atoms with E-state index in [-0.39, 0.29) is 18.2 Å². The van der Waals surface area contributed by atoms with Crippen LogP contribution in [0.5, 0.6) is 0 Å². The van der Waals surface area contributed by atoms with Crippen molar-refractivity contribution in [3.63, 3.8) is 0 Å². The molecular weight excluding hydrogens is 319 g/mol. The quantitative estimate of drug-likeness (QED) is 0.425. The van der Waals surface area contributed by atoms with E-state index in [0.29, 0.717) is 16.5 Å². The van der Waals surface area contributed by atoms with Crippen LogP contribution in [0.15, 0.2) is 42.7 Å². The highest BCUT2D eigenvalue weighted by Gasteiger charge is 2.12. The number of Topliss-reactive ketones (excluding diaryl/α,β-unsaturated/α-hetero) is 1. The van der Waals surface area contributed by atoms with Crippen molar-refractivity contribution >= 4 is 43.4 Å². The van der Waals surface area contributed by atoms with Crippen LogP contribution < -0.4 is 10.9 Å². The third kappa shape index (κ3) is 6.94. The molecule has 0 saturated heterocycles. The van der Waals surface area contributed by atoms with Crippen molar-refractivity contribution in [3.8, 4) is 0 Å². The number of ketones is 1. The van der Waals surface area contributed by atoms with Crippen molar-refractivity contribution in [2.75, 3.05) is 0 Å². The fourth-order valence-electron chi connectivity index (χ4n) is 1.66. The second-order valence-electron chi connectivity index (χ2n) is 4.66. The van der Waals surface area contributed by atoms with Gasteiger partial charge in [0.05, 0.1) is 0 Å². The molecule has 0 unspecified atom stereocenters. The number of rotatable bonds is 3. The van der Waals surface area contributed by atoms with Crippen LogP contribution in [-0.4, -0.2) is 45.1 Å². The third-order valence-electron chi connectivity index (χ3n) is 2.96. The molecule has 1 aromatic carbocycles. The van der Waals surface area contributed by atoms with Gasteiger partial charge >= 0.3 is 14.2 Å². The number of hydrogen-bond acceptors (Lipinski definition) is 6. The standard InChI is InChI=1S/C8H9BO3.C6H8BNO2.ClH/c1-6(10)7-2-4-8(5-3-7)9(11)12;1-5-4-8-3-2-6(5)7(9)10;/h2-5,11-12H,1H3;2-4,9-10H,1H3;1H. The average Bonchev–Trinajstić information content (AvgIpc) is 2.48. The lowest BCUT2D eigenvalue weighted by Crippen LogP contribution is -2.31. The first-order valence-corrected chi connectivity index (χ1v) is 6.56. The number of nitrogens with zero attached hydrogens (tertiary/aromatic N) is 1. The number of carbonyl (C=O) groups excluding carboxylic acids is 1. The van der Waals surface area contributed by atoms with E-state index in [4.69, 9.17) is 20.1 Å². The predicted octanol–water partition coefficient (Wildman–Crippen LogP) is -0.939. The van der Waals surface area contributed by atoms with Gasteiger partial charge in [-0.2, -0.15) is 0 Å². The Balaban J connectivity index is 0.000000409. The van der Waals surface area contributed by atoms with Crippen LogP contribution in [0.3, 0.4) is 0 Å². The molecule has 0 bridgehead atoms. The number of pyridine rings is 1. The number of carbonyl (C=O) groups is 1. The first-order valence-electron chi connectivity index (χ1n) is 6.56. The van der Waals surface area contributed by atoms with Crippen molar-refractivity contribution in [2.24, 2.45) is 0 Å². The summed E-state index contributed by atoms with van der Waals surface area (Å²) in [7, 11) is -2.85. The summed E-state index contributed by atoms with van der Waals surface area (Å²) in [6.07, 6.45) is 3.12. The molecule has 0 radical (unpaired) electrons. The van der Waals surface area contributed by atoms with Crippen molar-refractivity contribution < 1.29 is 24.9 Å². The molecule has 0 amide bonds. The smallest absolute Gasteiger partial charge is 0.423 e. The molecule has 0 atom stereocenters. The predicted molar refractivity (Wildman–Crippen MR) is 92.3 cm³/mol. The molecular formula is C14H18B2ClNO5.